The zero-order valence-electron chi connectivity index (χ0n) is 20.5. The van der Waals surface area contributed by atoms with Crippen molar-refractivity contribution in [2.75, 3.05) is 20.2 Å². The maximum Gasteiger partial charge on any atom is 0.573 e. The number of methoxy groups -OCH3 is 1. The number of imidazole rings is 1. The van der Waals surface area contributed by atoms with Gasteiger partial charge in [0.25, 0.3) is 0 Å². The molecule has 1 aliphatic heterocycles. The largest absolute Gasteiger partial charge is 0.573 e. The van der Waals surface area contributed by atoms with E-state index in [2.05, 4.69) is 24.8 Å². The minimum absolute atomic E-state index is 0.0597. The number of halogens is 3. The summed E-state index contributed by atoms with van der Waals surface area (Å²) in [6.07, 6.45) is -2.84. The van der Waals surface area contributed by atoms with E-state index in [0.717, 1.165) is 11.6 Å². The third-order valence-corrected chi connectivity index (χ3v) is 6.19. The second kappa shape index (κ2) is 11.0. The molecule has 9 nitrogen and oxygen atoms in total. The molecule has 1 fully saturated rings. The molecule has 0 spiro atoms. The Morgan fingerprint density at radius 1 is 1.18 bits per heavy atom. The molecule has 1 aromatic heterocycles. The maximum atomic E-state index is 12.9. The number of aldehydes is 1. The molecule has 1 aliphatic rings. The third kappa shape index (κ3) is 6.13. The Morgan fingerprint density at radius 2 is 1.89 bits per heavy atom. The fourth-order valence-electron chi connectivity index (χ4n) is 4.44. The summed E-state index contributed by atoms with van der Waals surface area (Å²) in [5, 5.41) is 2.40. The summed E-state index contributed by atoms with van der Waals surface area (Å²) in [5.41, 5.74) is 2.09. The van der Waals surface area contributed by atoms with E-state index >= 15 is 0 Å². The maximum absolute atomic E-state index is 12.9. The number of nitrogens with zero attached hydrogens (tertiary/aromatic N) is 2. The molecule has 2 N–H and O–H groups in total. The van der Waals surface area contributed by atoms with Crippen molar-refractivity contribution in [2.45, 2.75) is 25.7 Å². The molecular formula is C26H25F3N4O5. The normalized spacial score (nSPS) is 17.2. The molecule has 4 rings (SSSR count). The molecule has 0 saturated carbocycles. The van der Waals surface area contributed by atoms with Crippen LogP contribution in [0.15, 0.2) is 48.7 Å². The lowest BCUT2D eigenvalue weighted by Crippen LogP contribution is -2.40. The molecule has 0 bridgehead atoms. The van der Waals surface area contributed by atoms with Gasteiger partial charge in [-0.25, -0.2) is 9.78 Å². The number of carbonyl (C=O) groups is 3. The van der Waals surface area contributed by atoms with Crippen molar-refractivity contribution in [3.8, 4) is 28.1 Å². The van der Waals surface area contributed by atoms with Crippen molar-refractivity contribution in [1.82, 2.24) is 20.2 Å². The van der Waals surface area contributed by atoms with Gasteiger partial charge in [-0.1, -0.05) is 37.3 Å². The summed E-state index contributed by atoms with van der Waals surface area (Å²) in [4.78, 5) is 44.5. The van der Waals surface area contributed by atoms with Gasteiger partial charge < -0.3 is 24.7 Å². The van der Waals surface area contributed by atoms with Crippen LogP contribution in [-0.2, 0) is 9.53 Å². The van der Waals surface area contributed by atoms with Gasteiger partial charge in [-0.3, -0.25) is 9.59 Å². The second-order valence-corrected chi connectivity index (χ2v) is 8.93. The molecule has 200 valence electrons. The predicted molar refractivity (Wildman–Crippen MR) is 130 cm³/mol. The zero-order valence-corrected chi connectivity index (χ0v) is 20.5. The first-order valence-electron chi connectivity index (χ1n) is 11.7. The summed E-state index contributed by atoms with van der Waals surface area (Å²) in [7, 11) is 1.22. The van der Waals surface area contributed by atoms with E-state index in [-0.39, 0.29) is 35.5 Å². The van der Waals surface area contributed by atoms with Crippen LogP contribution in [-0.4, -0.2) is 59.7 Å². The number of aromatic nitrogens is 2. The first-order chi connectivity index (χ1) is 18.1. The van der Waals surface area contributed by atoms with Crippen LogP contribution in [0.2, 0.25) is 0 Å². The van der Waals surface area contributed by atoms with E-state index in [4.69, 9.17) is 0 Å². The molecular weight excluding hydrogens is 505 g/mol. The molecule has 2 unspecified atom stereocenters. The number of hydrogen-bond acceptors (Lipinski definition) is 6. The van der Waals surface area contributed by atoms with Gasteiger partial charge in [0.15, 0.2) is 0 Å². The van der Waals surface area contributed by atoms with Crippen LogP contribution in [0.5, 0.6) is 5.75 Å². The highest BCUT2D eigenvalue weighted by Crippen LogP contribution is 2.37. The number of alkyl halides is 3. The van der Waals surface area contributed by atoms with E-state index in [9.17, 15) is 27.6 Å². The Hall–Kier alpha value is -4.35. The molecule has 2 heterocycles. The Balaban J connectivity index is 1.54. The molecule has 12 heteroatoms. The highest BCUT2D eigenvalue weighted by molar-refractivity contribution is 5.83. The first-order valence-corrected chi connectivity index (χ1v) is 11.7. The molecule has 0 radical (unpaired) electrons. The molecule has 1 saturated heterocycles. The highest BCUT2D eigenvalue weighted by Gasteiger charge is 2.36. The number of nitrogens with one attached hydrogen (secondary N) is 2. The van der Waals surface area contributed by atoms with Gasteiger partial charge in [-0.2, -0.15) is 0 Å². The predicted octanol–water partition coefficient (Wildman–Crippen LogP) is 4.72. The van der Waals surface area contributed by atoms with Crippen molar-refractivity contribution in [3.05, 3.63) is 60.0 Å². The van der Waals surface area contributed by atoms with Crippen molar-refractivity contribution in [2.24, 2.45) is 5.92 Å². The summed E-state index contributed by atoms with van der Waals surface area (Å²) >= 11 is 0. The SMILES string of the molecule is COC(=O)NCC(=O)N1CC(C)CC1c1ncc(-c2ccc(-c3ccc(C=O)cc3OC(F)(F)F)cc2)[nH]1. The van der Waals surface area contributed by atoms with Gasteiger partial charge in [0.05, 0.1) is 25.0 Å². The number of benzene rings is 2. The van der Waals surface area contributed by atoms with E-state index in [1.165, 1.54) is 19.2 Å². The summed E-state index contributed by atoms with van der Waals surface area (Å²) in [5.74, 6) is 0.0868. The van der Waals surface area contributed by atoms with Gasteiger partial charge in [-0.05, 0) is 35.6 Å². The van der Waals surface area contributed by atoms with Crippen LogP contribution in [0.25, 0.3) is 22.4 Å². The van der Waals surface area contributed by atoms with Crippen LogP contribution in [0.1, 0.15) is 35.6 Å². The monoisotopic (exact) mass is 530 g/mol. The molecule has 2 atom stereocenters. The third-order valence-electron chi connectivity index (χ3n) is 6.19. The van der Waals surface area contributed by atoms with Gasteiger partial charge in [0.1, 0.15) is 24.4 Å². The minimum Gasteiger partial charge on any atom is -0.453 e. The van der Waals surface area contributed by atoms with E-state index in [1.807, 2.05) is 6.92 Å². The summed E-state index contributed by atoms with van der Waals surface area (Å²) < 4.78 is 47.4. The Morgan fingerprint density at radius 3 is 2.55 bits per heavy atom. The molecule has 3 aromatic rings. The number of carbonyl (C=O) groups excluding carboxylic acids is 3. The Labute approximate surface area is 216 Å². The summed E-state index contributed by atoms with van der Waals surface area (Å²) in [6.45, 7) is 2.34. The van der Waals surface area contributed by atoms with Crippen LogP contribution >= 0.6 is 0 Å². The van der Waals surface area contributed by atoms with Gasteiger partial charge in [-0.15, -0.1) is 13.2 Å². The van der Waals surface area contributed by atoms with Crippen LogP contribution < -0.4 is 10.1 Å². The number of amides is 2. The number of ether oxygens (including phenoxy) is 2. The Bertz CT molecular complexity index is 1320. The zero-order chi connectivity index (χ0) is 27.4. The fraction of sp³-hybridized carbons (Fsp3) is 0.308. The van der Waals surface area contributed by atoms with Crippen molar-refractivity contribution in [1.29, 1.82) is 0 Å². The van der Waals surface area contributed by atoms with Crippen LogP contribution in [0, 0.1) is 5.92 Å². The first kappa shape index (κ1) is 26.7. The number of rotatable bonds is 7. The average molecular weight is 531 g/mol. The number of likely N-dealkylation sites (tertiary alicyclic amines) is 1. The van der Waals surface area contributed by atoms with Gasteiger partial charge >= 0.3 is 12.5 Å². The van der Waals surface area contributed by atoms with Gasteiger partial charge in [0.2, 0.25) is 5.91 Å². The molecule has 0 aliphatic carbocycles. The molecule has 38 heavy (non-hydrogen) atoms. The number of aromatic amines is 1. The van der Waals surface area contributed by atoms with E-state index < -0.39 is 18.2 Å². The summed E-state index contributed by atoms with van der Waals surface area (Å²) in [6, 6.07) is 10.3. The average Bonchev–Trinajstić information content (AvgIpc) is 3.53. The highest BCUT2D eigenvalue weighted by atomic mass is 19.4. The molecule has 2 amide bonds. The standard InChI is InChI=1S/C26H25F3N4O5/c1-15-9-21(33(13-15)23(35)12-31-25(36)37-2)24-30-11-20(32-24)18-6-4-17(5-7-18)19-8-3-16(14-34)10-22(19)38-26(27,28)29/h3-8,10-11,14-15,21H,9,12-13H2,1-2H3,(H,30,32)(H,31,36). The topological polar surface area (TPSA) is 114 Å². The Kier molecular flexibility index (Phi) is 7.70. The number of hydrogen-bond donors (Lipinski definition) is 2. The quantitative estimate of drug-likeness (QED) is 0.428. The van der Waals surface area contributed by atoms with E-state index in [1.54, 1.807) is 35.4 Å². The van der Waals surface area contributed by atoms with E-state index in [0.29, 0.717) is 36.3 Å². The number of alkyl carbamates (subject to hydrolysis) is 1. The lowest BCUT2D eigenvalue weighted by molar-refractivity contribution is -0.274. The second-order valence-electron chi connectivity index (χ2n) is 8.93. The number of H-pyrrole nitrogens is 1. The molecule has 2 aromatic carbocycles. The van der Waals surface area contributed by atoms with Crippen LogP contribution in [0.3, 0.4) is 0 Å². The van der Waals surface area contributed by atoms with Crippen LogP contribution in [0.4, 0.5) is 18.0 Å². The van der Waals surface area contributed by atoms with Crippen molar-refractivity contribution >= 4 is 18.3 Å². The lowest BCUT2D eigenvalue weighted by Gasteiger charge is -2.23. The van der Waals surface area contributed by atoms with Crippen molar-refractivity contribution < 1.29 is 37.0 Å². The fourth-order valence-corrected chi connectivity index (χ4v) is 4.44. The van der Waals surface area contributed by atoms with Gasteiger partial charge in [0, 0.05) is 17.7 Å². The lowest BCUT2D eigenvalue weighted by atomic mass is 10.0. The smallest absolute Gasteiger partial charge is 0.453 e. The minimum atomic E-state index is -4.91. The van der Waals surface area contributed by atoms with Crippen molar-refractivity contribution in [3.63, 3.8) is 0 Å².